The molecule has 110 valence electrons. The fourth-order valence-electron chi connectivity index (χ4n) is 2.50. The maximum atomic E-state index is 12.1. The van der Waals surface area contributed by atoms with Crippen LogP contribution in [0.25, 0.3) is 0 Å². The number of nitrogens with one attached hydrogen (secondary N) is 2. The second-order valence-corrected chi connectivity index (χ2v) is 6.21. The lowest BCUT2D eigenvalue weighted by atomic mass is 9.94. The molecule has 0 aromatic heterocycles. The van der Waals surface area contributed by atoms with Gasteiger partial charge < -0.3 is 15.7 Å². The summed E-state index contributed by atoms with van der Waals surface area (Å²) in [4.78, 5) is 12.1. The zero-order valence-corrected chi connectivity index (χ0v) is 12.2. The molecule has 0 bridgehead atoms. The largest absolute Gasteiger partial charge is 0.392 e. The van der Waals surface area contributed by atoms with Crippen LogP contribution in [0.2, 0.25) is 0 Å². The maximum absolute atomic E-state index is 12.1. The van der Waals surface area contributed by atoms with Crippen molar-refractivity contribution in [2.24, 2.45) is 0 Å². The molecule has 2 unspecified atom stereocenters. The maximum Gasteiger partial charge on any atom is 0.237 e. The van der Waals surface area contributed by atoms with Gasteiger partial charge in [0.25, 0.3) is 0 Å². The van der Waals surface area contributed by atoms with E-state index >= 15 is 0 Å². The third-order valence-electron chi connectivity index (χ3n) is 3.77. The van der Waals surface area contributed by atoms with Crippen molar-refractivity contribution in [2.75, 3.05) is 6.54 Å². The Morgan fingerprint density at radius 2 is 2.10 bits per heavy atom. The third kappa shape index (κ3) is 4.32. The van der Waals surface area contributed by atoms with Crippen molar-refractivity contribution < 1.29 is 9.90 Å². The van der Waals surface area contributed by atoms with Crippen LogP contribution in [0.5, 0.6) is 0 Å². The number of carbonyl (C=O) groups is 1. The van der Waals surface area contributed by atoms with Gasteiger partial charge in [0, 0.05) is 12.1 Å². The molecule has 1 heterocycles. The Morgan fingerprint density at radius 1 is 1.40 bits per heavy atom. The highest BCUT2D eigenvalue weighted by molar-refractivity contribution is 5.82. The molecule has 20 heavy (non-hydrogen) atoms. The lowest BCUT2D eigenvalue weighted by Gasteiger charge is -2.28. The average Bonchev–Trinajstić information content (AvgIpc) is 2.84. The van der Waals surface area contributed by atoms with Crippen LogP contribution in [0.4, 0.5) is 0 Å². The first kappa shape index (κ1) is 15.0. The molecule has 3 N–H and O–H groups in total. The van der Waals surface area contributed by atoms with E-state index in [-0.39, 0.29) is 17.5 Å². The topological polar surface area (TPSA) is 61.4 Å². The molecule has 0 aliphatic carbocycles. The number of β-amino-alcohol motifs (C(OH)–C–C–N with tert-alkyl or cyclic N) is 1. The van der Waals surface area contributed by atoms with Gasteiger partial charge in [0.1, 0.15) is 0 Å². The molecular formula is C16H24N2O2. The van der Waals surface area contributed by atoms with E-state index in [1.165, 1.54) is 5.56 Å². The van der Waals surface area contributed by atoms with Gasteiger partial charge in [0.2, 0.25) is 5.91 Å². The third-order valence-corrected chi connectivity index (χ3v) is 3.77. The molecule has 2 atom stereocenters. The molecule has 1 aromatic rings. The molecule has 1 fully saturated rings. The number of aryl methyl sites for hydroxylation is 1. The van der Waals surface area contributed by atoms with Gasteiger partial charge in [-0.15, -0.1) is 0 Å². The van der Waals surface area contributed by atoms with E-state index in [1.54, 1.807) is 0 Å². The fourth-order valence-corrected chi connectivity index (χ4v) is 2.50. The van der Waals surface area contributed by atoms with Crippen molar-refractivity contribution in [1.29, 1.82) is 0 Å². The van der Waals surface area contributed by atoms with E-state index in [2.05, 4.69) is 22.8 Å². The Bertz CT molecular complexity index is 445. The van der Waals surface area contributed by atoms with Crippen molar-refractivity contribution in [3.05, 3.63) is 35.9 Å². The first-order valence-corrected chi connectivity index (χ1v) is 7.24. The molecule has 1 saturated heterocycles. The highest BCUT2D eigenvalue weighted by Gasteiger charge is 2.31. The summed E-state index contributed by atoms with van der Waals surface area (Å²) >= 11 is 0. The molecule has 0 radical (unpaired) electrons. The van der Waals surface area contributed by atoms with E-state index in [0.717, 1.165) is 12.8 Å². The fraction of sp³-hybridized carbons (Fsp3) is 0.562. The van der Waals surface area contributed by atoms with Gasteiger partial charge in [-0.1, -0.05) is 30.3 Å². The van der Waals surface area contributed by atoms with Crippen LogP contribution in [-0.2, 0) is 11.2 Å². The minimum absolute atomic E-state index is 0.0142. The summed E-state index contributed by atoms with van der Waals surface area (Å²) in [5, 5.41) is 15.6. The lowest BCUT2D eigenvalue weighted by molar-refractivity contribution is -0.124. The first-order chi connectivity index (χ1) is 9.46. The molecule has 0 saturated carbocycles. The molecule has 1 aliphatic heterocycles. The van der Waals surface area contributed by atoms with Gasteiger partial charge >= 0.3 is 0 Å². The van der Waals surface area contributed by atoms with Gasteiger partial charge in [-0.3, -0.25) is 4.79 Å². The summed E-state index contributed by atoms with van der Waals surface area (Å²) in [6, 6.07) is 10.0. The number of carbonyl (C=O) groups excluding carboxylic acids is 1. The molecule has 4 nitrogen and oxygen atoms in total. The number of aliphatic hydroxyl groups excluding tert-OH is 1. The minimum atomic E-state index is -0.404. The Balaban J connectivity index is 1.82. The van der Waals surface area contributed by atoms with Crippen LogP contribution in [0.3, 0.4) is 0 Å². The van der Waals surface area contributed by atoms with Crippen molar-refractivity contribution in [3.63, 3.8) is 0 Å². The zero-order chi connectivity index (χ0) is 14.6. The van der Waals surface area contributed by atoms with Crippen molar-refractivity contribution >= 4 is 5.91 Å². The van der Waals surface area contributed by atoms with Crippen LogP contribution in [0, 0.1) is 0 Å². The van der Waals surface area contributed by atoms with Gasteiger partial charge in [-0.05, 0) is 38.7 Å². The van der Waals surface area contributed by atoms with E-state index in [0.29, 0.717) is 13.0 Å². The molecule has 1 aliphatic rings. The van der Waals surface area contributed by atoms with Gasteiger partial charge in [-0.2, -0.15) is 0 Å². The smallest absolute Gasteiger partial charge is 0.237 e. The Kier molecular flexibility index (Phi) is 4.78. The monoisotopic (exact) mass is 276 g/mol. The molecular weight excluding hydrogens is 252 g/mol. The van der Waals surface area contributed by atoms with Crippen LogP contribution in [0.1, 0.15) is 32.3 Å². The molecule has 1 aromatic carbocycles. The second-order valence-electron chi connectivity index (χ2n) is 6.21. The van der Waals surface area contributed by atoms with E-state index < -0.39 is 6.10 Å². The standard InChI is InChI=1S/C16H24N2O2/c1-16(2,9-8-12-6-4-3-5-7-12)18-15(20)14-10-13(19)11-17-14/h3-7,13-14,17,19H,8-11H2,1-2H3,(H,18,20). The number of benzene rings is 1. The molecule has 2 rings (SSSR count). The Morgan fingerprint density at radius 3 is 2.70 bits per heavy atom. The number of hydrogen-bond acceptors (Lipinski definition) is 3. The first-order valence-electron chi connectivity index (χ1n) is 7.24. The van der Waals surface area contributed by atoms with E-state index in [4.69, 9.17) is 0 Å². The average molecular weight is 276 g/mol. The molecule has 1 amide bonds. The lowest BCUT2D eigenvalue weighted by Crippen LogP contribution is -2.50. The quantitative estimate of drug-likeness (QED) is 0.758. The van der Waals surface area contributed by atoms with Gasteiger partial charge in [0.05, 0.1) is 12.1 Å². The minimum Gasteiger partial charge on any atom is -0.392 e. The Hall–Kier alpha value is -1.39. The Labute approximate surface area is 120 Å². The van der Waals surface area contributed by atoms with Crippen LogP contribution in [0.15, 0.2) is 30.3 Å². The summed E-state index contributed by atoms with van der Waals surface area (Å²) in [6.07, 6.45) is 1.92. The number of rotatable bonds is 5. The zero-order valence-electron chi connectivity index (χ0n) is 12.2. The normalized spacial score (nSPS) is 22.8. The van der Waals surface area contributed by atoms with Gasteiger partial charge in [0.15, 0.2) is 0 Å². The summed E-state index contributed by atoms with van der Waals surface area (Å²) in [7, 11) is 0. The summed E-state index contributed by atoms with van der Waals surface area (Å²) < 4.78 is 0. The molecule has 4 heteroatoms. The van der Waals surface area contributed by atoms with Crippen molar-refractivity contribution in [2.45, 2.75) is 50.8 Å². The van der Waals surface area contributed by atoms with Crippen molar-refractivity contribution in [1.82, 2.24) is 10.6 Å². The predicted octanol–water partition coefficient (Wildman–Crippen LogP) is 1.24. The number of hydrogen-bond donors (Lipinski definition) is 3. The predicted molar refractivity (Wildman–Crippen MR) is 79.4 cm³/mol. The van der Waals surface area contributed by atoms with Crippen LogP contribution in [-0.4, -0.2) is 35.2 Å². The number of aliphatic hydroxyl groups is 1. The highest BCUT2D eigenvalue weighted by atomic mass is 16.3. The van der Waals surface area contributed by atoms with Crippen LogP contribution >= 0.6 is 0 Å². The summed E-state index contributed by atoms with van der Waals surface area (Å²) in [5.74, 6) is -0.0142. The van der Waals surface area contributed by atoms with E-state index in [1.807, 2.05) is 32.0 Å². The highest BCUT2D eigenvalue weighted by Crippen LogP contribution is 2.15. The van der Waals surface area contributed by atoms with Crippen LogP contribution < -0.4 is 10.6 Å². The van der Waals surface area contributed by atoms with E-state index in [9.17, 15) is 9.90 Å². The molecule has 0 spiro atoms. The van der Waals surface area contributed by atoms with Gasteiger partial charge in [-0.25, -0.2) is 0 Å². The SMILES string of the molecule is CC(C)(CCc1ccccc1)NC(=O)C1CC(O)CN1. The van der Waals surface area contributed by atoms with Crippen molar-refractivity contribution in [3.8, 4) is 0 Å². The summed E-state index contributed by atoms with van der Waals surface area (Å²) in [5.41, 5.74) is 1.03. The number of amides is 1. The second kappa shape index (κ2) is 6.37. The summed E-state index contributed by atoms with van der Waals surface area (Å²) in [6.45, 7) is 4.58.